The summed E-state index contributed by atoms with van der Waals surface area (Å²) < 4.78 is 6.11. The summed E-state index contributed by atoms with van der Waals surface area (Å²) in [7, 11) is 4.06. The summed E-state index contributed by atoms with van der Waals surface area (Å²) in [5.74, 6) is -2.25. The Morgan fingerprint density at radius 1 is 1.03 bits per heavy atom. The molecule has 1 atom stereocenters. The topological polar surface area (TPSA) is 107 Å². The predicted octanol–water partition coefficient (Wildman–Crippen LogP) is 3.08. The molecule has 2 rings (SSSR count). The number of hydrogen-bond donors (Lipinski definition) is 3. The first kappa shape index (κ1) is 23.9. The second kappa shape index (κ2) is 12.3. The molecule has 0 saturated carbocycles. The van der Waals surface area contributed by atoms with Gasteiger partial charge in [-0.25, -0.2) is 9.59 Å². The molecule has 0 aliphatic carbocycles. The van der Waals surface area contributed by atoms with Crippen LogP contribution in [-0.2, 0) is 14.3 Å². The van der Waals surface area contributed by atoms with Crippen LogP contribution in [0.25, 0.3) is 0 Å². The molecule has 0 aliphatic rings. The Morgan fingerprint density at radius 2 is 1.66 bits per heavy atom. The van der Waals surface area contributed by atoms with Crippen LogP contribution in [0.3, 0.4) is 0 Å². The van der Waals surface area contributed by atoms with Crippen molar-refractivity contribution in [3.05, 3.63) is 77.4 Å². The summed E-state index contributed by atoms with van der Waals surface area (Å²) in [4.78, 5) is 21.2. The molecule has 0 saturated heterocycles. The van der Waals surface area contributed by atoms with E-state index < -0.39 is 11.9 Å². The van der Waals surface area contributed by atoms with E-state index in [1.165, 1.54) is 5.56 Å². The lowest BCUT2D eigenvalue weighted by atomic mass is 9.97. The van der Waals surface area contributed by atoms with Crippen LogP contribution in [0.1, 0.15) is 22.8 Å². The number of carboxylic acids is 2. The Morgan fingerprint density at radius 3 is 2.17 bits per heavy atom. The van der Waals surface area contributed by atoms with Crippen molar-refractivity contribution < 1.29 is 29.6 Å². The van der Waals surface area contributed by atoms with E-state index in [1.54, 1.807) is 12.1 Å². The van der Waals surface area contributed by atoms with E-state index >= 15 is 0 Å². The maximum absolute atomic E-state index is 9.73. The minimum absolute atomic E-state index is 0.154. The highest BCUT2D eigenvalue weighted by molar-refractivity contribution is 5.89. The van der Waals surface area contributed by atoms with E-state index in [0.29, 0.717) is 18.8 Å². The van der Waals surface area contributed by atoms with Crippen LogP contribution < -0.4 is 0 Å². The number of rotatable bonds is 8. The van der Waals surface area contributed by atoms with Crippen molar-refractivity contribution in [3.8, 4) is 5.75 Å². The van der Waals surface area contributed by atoms with Crippen LogP contribution in [0, 0.1) is 6.92 Å². The number of aliphatic carboxylic acids is 2. The number of aryl methyl sites for hydroxylation is 1. The number of hydrogen-bond acceptors (Lipinski definition) is 5. The molecule has 0 aromatic heterocycles. The van der Waals surface area contributed by atoms with Crippen LogP contribution in [0.2, 0.25) is 0 Å². The van der Waals surface area contributed by atoms with Gasteiger partial charge in [0.15, 0.2) is 0 Å². The molecule has 3 N–H and O–H groups in total. The molecule has 29 heavy (non-hydrogen) atoms. The fourth-order valence-electron chi connectivity index (χ4n) is 2.43. The molecule has 2 aromatic rings. The Hall–Kier alpha value is -3.16. The van der Waals surface area contributed by atoms with Crippen molar-refractivity contribution in [2.75, 3.05) is 27.2 Å². The Bertz CT molecular complexity index is 816. The van der Waals surface area contributed by atoms with Gasteiger partial charge < -0.3 is 25.0 Å². The maximum Gasteiger partial charge on any atom is 0.328 e. The van der Waals surface area contributed by atoms with Crippen molar-refractivity contribution in [2.24, 2.45) is 0 Å². The summed E-state index contributed by atoms with van der Waals surface area (Å²) in [6.07, 6.45) is 0.961. The molecule has 0 spiro atoms. The molecule has 0 fully saturated rings. The zero-order chi connectivity index (χ0) is 21.8. The lowest BCUT2D eigenvalue weighted by molar-refractivity contribution is -0.134. The van der Waals surface area contributed by atoms with Crippen LogP contribution in [0.15, 0.2) is 60.7 Å². The first-order valence-corrected chi connectivity index (χ1v) is 8.95. The van der Waals surface area contributed by atoms with Crippen molar-refractivity contribution in [1.82, 2.24) is 4.90 Å². The second-order valence-corrected chi connectivity index (χ2v) is 6.52. The van der Waals surface area contributed by atoms with E-state index in [-0.39, 0.29) is 11.9 Å². The van der Waals surface area contributed by atoms with Gasteiger partial charge in [-0.3, -0.25) is 0 Å². The highest BCUT2D eigenvalue weighted by atomic mass is 16.5. The fourth-order valence-corrected chi connectivity index (χ4v) is 2.43. The van der Waals surface area contributed by atoms with Gasteiger partial charge >= 0.3 is 11.9 Å². The van der Waals surface area contributed by atoms with E-state index in [1.807, 2.05) is 38.4 Å². The average molecular weight is 401 g/mol. The number of phenolic OH excluding ortho intramolecular Hbond substituents is 1. The third-order valence-corrected chi connectivity index (χ3v) is 3.84. The van der Waals surface area contributed by atoms with Gasteiger partial charge in [-0.2, -0.15) is 0 Å². The molecule has 2 aromatic carbocycles. The number of likely N-dealkylation sites (N-methyl/N-ethyl adjacent to an activating group) is 1. The second-order valence-electron chi connectivity index (χ2n) is 6.52. The van der Waals surface area contributed by atoms with Gasteiger partial charge in [-0.15, -0.1) is 0 Å². The summed E-state index contributed by atoms with van der Waals surface area (Å²) >= 11 is 0. The van der Waals surface area contributed by atoms with Gasteiger partial charge in [-0.05, 0) is 49.8 Å². The third-order valence-electron chi connectivity index (χ3n) is 3.84. The normalized spacial score (nSPS) is 11.7. The zero-order valence-corrected chi connectivity index (χ0v) is 16.8. The Labute approximate surface area is 170 Å². The minimum atomic E-state index is -1.26. The zero-order valence-electron chi connectivity index (χ0n) is 16.8. The van der Waals surface area contributed by atoms with Gasteiger partial charge in [0.25, 0.3) is 0 Å². The molecule has 0 radical (unpaired) electrons. The largest absolute Gasteiger partial charge is 0.508 e. The first-order valence-electron chi connectivity index (χ1n) is 8.95. The molecule has 156 valence electrons. The van der Waals surface area contributed by atoms with Gasteiger partial charge in [0.05, 0.1) is 6.61 Å². The number of ether oxygens (including phenoxy) is 1. The van der Waals surface area contributed by atoms with Gasteiger partial charge in [0, 0.05) is 18.7 Å². The van der Waals surface area contributed by atoms with Gasteiger partial charge in [0.1, 0.15) is 11.9 Å². The highest BCUT2D eigenvalue weighted by Gasteiger charge is 2.17. The predicted molar refractivity (Wildman–Crippen MR) is 110 cm³/mol. The minimum Gasteiger partial charge on any atom is -0.508 e. The van der Waals surface area contributed by atoms with Crippen LogP contribution in [0.5, 0.6) is 5.75 Å². The molecule has 7 heteroatoms. The number of carboxylic acid groups (broad SMARTS) is 2. The van der Waals surface area contributed by atoms with Crippen molar-refractivity contribution >= 4 is 11.9 Å². The Balaban J connectivity index is 0.000000447. The lowest BCUT2D eigenvalue weighted by Crippen LogP contribution is -2.20. The highest BCUT2D eigenvalue weighted by Crippen LogP contribution is 2.30. The third kappa shape index (κ3) is 9.55. The average Bonchev–Trinajstić information content (AvgIpc) is 2.65. The van der Waals surface area contributed by atoms with Crippen molar-refractivity contribution in [1.29, 1.82) is 0 Å². The number of carbonyl (C=O) groups is 2. The van der Waals surface area contributed by atoms with E-state index in [4.69, 9.17) is 14.9 Å². The van der Waals surface area contributed by atoms with Crippen LogP contribution in [-0.4, -0.2) is 59.4 Å². The number of aromatic hydroxyl groups is 1. The SMILES string of the molecule is Cc1ccccc1C(OCCN(C)C)c1cccc(O)c1.O=C(O)/C=C\C(=O)O. The fraction of sp³-hybridized carbons (Fsp3) is 0.273. The van der Waals surface area contributed by atoms with Crippen LogP contribution in [0.4, 0.5) is 0 Å². The summed E-state index contributed by atoms with van der Waals surface area (Å²) in [5, 5.41) is 25.4. The van der Waals surface area contributed by atoms with E-state index in [2.05, 4.69) is 24.0 Å². The summed E-state index contributed by atoms with van der Waals surface area (Å²) in [6, 6.07) is 15.5. The quantitative estimate of drug-likeness (QED) is 0.584. The molecular weight excluding hydrogens is 374 g/mol. The van der Waals surface area contributed by atoms with E-state index in [0.717, 1.165) is 17.7 Å². The van der Waals surface area contributed by atoms with Crippen LogP contribution >= 0.6 is 0 Å². The summed E-state index contributed by atoms with van der Waals surface area (Å²) in [5.41, 5.74) is 3.31. The van der Waals surface area contributed by atoms with Crippen molar-refractivity contribution in [3.63, 3.8) is 0 Å². The molecule has 0 bridgehead atoms. The number of benzene rings is 2. The Kier molecular flexibility index (Phi) is 10.2. The number of nitrogens with zero attached hydrogens (tertiary/aromatic N) is 1. The molecular formula is C22H27NO6. The maximum atomic E-state index is 9.73. The van der Waals surface area contributed by atoms with Gasteiger partial charge in [-0.1, -0.05) is 36.4 Å². The molecule has 0 aliphatic heterocycles. The molecule has 1 unspecified atom stereocenters. The van der Waals surface area contributed by atoms with Gasteiger partial charge in [0.2, 0.25) is 0 Å². The van der Waals surface area contributed by atoms with Crippen molar-refractivity contribution in [2.45, 2.75) is 13.0 Å². The molecule has 0 amide bonds. The number of phenols is 1. The standard InChI is InChI=1S/C18H23NO2.C4H4O4/c1-14-7-4-5-10-17(14)18(21-12-11-19(2)3)15-8-6-9-16(20)13-15;5-3(6)1-2-4(7)8/h4-10,13,18,20H,11-12H2,1-3H3;1-2H,(H,5,6)(H,7,8)/b;2-1-. The molecule has 7 nitrogen and oxygen atoms in total. The summed E-state index contributed by atoms with van der Waals surface area (Å²) in [6.45, 7) is 3.59. The molecule has 0 heterocycles. The monoisotopic (exact) mass is 401 g/mol. The lowest BCUT2D eigenvalue weighted by Gasteiger charge is -2.22. The van der Waals surface area contributed by atoms with E-state index in [9.17, 15) is 14.7 Å². The first-order chi connectivity index (χ1) is 13.7. The smallest absolute Gasteiger partial charge is 0.328 e.